The third-order valence-corrected chi connectivity index (χ3v) is 4.17. The van der Waals surface area contributed by atoms with Crippen LogP contribution in [0.25, 0.3) is 0 Å². The fraction of sp³-hybridized carbons (Fsp3) is 0.0714. The predicted octanol–water partition coefficient (Wildman–Crippen LogP) is 2.82. The molecule has 7 heteroatoms. The van der Waals surface area contributed by atoms with E-state index in [0.717, 1.165) is 6.07 Å². The van der Waals surface area contributed by atoms with Crippen LogP contribution in [0.1, 0.15) is 12.5 Å². The summed E-state index contributed by atoms with van der Waals surface area (Å²) in [4.78, 5) is -0.166. The van der Waals surface area contributed by atoms with Gasteiger partial charge >= 0.3 is 0 Å². The number of benzene rings is 2. The smallest absolute Gasteiger partial charge is 0.261 e. The summed E-state index contributed by atoms with van der Waals surface area (Å²) in [5.74, 6) is -0.630. The van der Waals surface area contributed by atoms with E-state index in [0.29, 0.717) is 17.0 Å². The molecule has 0 atom stereocenters. The SMILES string of the molecule is C/C(=N\O)c1cccc(NS(=O)(=O)c2cccc(F)c2)c1. The summed E-state index contributed by atoms with van der Waals surface area (Å²) in [5.41, 5.74) is 1.21. The third-order valence-electron chi connectivity index (χ3n) is 2.79. The first kappa shape index (κ1) is 15.0. The Morgan fingerprint density at radius 3 is 2.57 bits per heavy atom. The molecule has 110 valence electrons. The molecule has 5 nitrogen and oxygen atoms in total. The predicted molar refractivity (Wildman–Crippen MR) is 77.6 cm³/mol. The van der Waals surface area contributed by atoms with Crippen molar-refractivity contribution in [3.8, 4) is 0 Å². The zero-order chi connectivity index (χ0) is 15.5. The molecule has 2 aromatic rings. The third kappa shape index (κ3) is 3.57. The number of rotatable bonds is 4. The Morgan fingerprint density at radius 2 is 1.90 bits per heavy atom. The van der Waals surface area contributed by atoms with Crippen LogP contribution in [0.3, 0.4) is 0 Å². The van der Waals surface area contributed by atoms with Crippen molar-refractivity contribution in [1.29, 1.82) is 0 Å². The van der Waals surface area contributed by atoms with E-state index in [1.165, 1.54) is 24.3 Å². The van der Waals surface area contributed by atoms with E-state index in [1.54, 1.807) is 25.1 Å². The summed E-state index contributed by atoms with van der Waals surface area (Å²) in [5, 5.41) is 11.8. The zero-order valence-electron chi connectivity index (χ0n) is 11.1. The van der Waals surface area contributed by atoms with Crippen molar-refractivity contribution in [2.75, 3.05) is 4.72 Å². The molecular weight excluding hydrogens is 295 g/mol. The molecule has 21 heavy (non-hydrogen) atoms. The molecule has 0 heterocycles. The maximum absolute atomic E-state index is 13.1. The van der Waals surface area contributed by atoms with E-state index in [-0.39, 0.29) is 4.90 Å². The van der Waals surface area contributed by atoms with Gasteiger partial charge in [0.1, 0.15) is 5.82 Å². The van der Waals surface area contributed by atoms with Gasteiger partial charge < -0.3 is 5.21 Å². The van der Waals surface area contributed by atoms with Gasteiger partial charge in [0.05, 0.1) is 10.6 Å². The zero-order valence-corrected chi connectivity index (χ0v) is 11.9. The van der Waals surface area contributed by atoms with Crippen molar-refractivity contribution < 1.29 is 18.0 Å². The summed E-state index contributed by atoms with van der Waals surface area (Å²) >= 11 is 0. The molecule has 0 amide bonds. The minimum Gasteiger partial charge on any atom is -0.411 e. The van der Waals surface area contributed by atoms with Crippen molar-refractivity contribution in [2.45, 2.75) is 11.8 Å². The average molecular weight is 308 g/mol. The first-order chi connectivity index (χ1) is 9.92. The van der Waals surface area contributed by atoms with Gasteiger partial charge in [-0.25, -0.2) is 12.8 Å². The van der Waals surface area contributed by atoms with Gasteiger partial charge in [-0.15, -0.1) is 0 Å². The number of halogens is 1. The second kappa shape index (κ2) is 5.92. The Morgan fingerprint density at radius 1 is 1.19 bits per heavy atom. The van der Waals surface area contributed by atoms with E-state index in [2.05, 4.69) is 9.88 Å². The van der Waals surface area contributed by atoms with E-state index in [9.17, 15) is 12.8 Å². The monoisotopic (exact) mass is 308 g/mol. The van der Waals surface area contributed by atoms with Crippen molar-refractivity contribution in [3.05, 3.63) is 59.9 Å². The van der Waals surface area contributed by atoms with E-state index in [4.69, 9.17) is 5.21 Å². The van der Waals surface area contributed by atoms with Gasteiger partial charge in [-0.3, -0.25) is 4.72 Å². The van der Waals surface area contributed by atoms with Crippen LogP contribution in [0, 0.1) is 5.82 Å². The number of oxime groups is 1. The first-order valence-corrected chi connectivity index (χ1v) is 7.48. The lowest BCUT2D eigenvalue weighted by Gasteiger charge is -2.09. The molecule has 0 radical (unpaired) electrons. The number of sulfonamides is 1. The number of anilines is 1. The Hall–Kier alpha value is -2.41. The highest BCUT2D eigenvalue weighted by Crippen LogP contribution is 2.18. The first-order valence-electron chi connectivity index (χ1n) is 6.00. The lowest BCUT2D eigenvalue weighted by atomic mass is 10.1. The molecule has 0 aliphatic rings. The summed E-state index contributed by atoms with van der Waals surface area (Å²) in [6.45, 7) is 1.58. The Labute approximate surface area is 121 Å². The molecule has 0 aliphatic heterocycles. The van der Waals surface area contributed by atoms with Crippen LogP contribution in [0.4, 0.5) is 10.1 Å². The van der Waals surface area contributed by atoms with Crippen molar-refractivity contribution in [2.24, 2.45) is 5.16 Å². The molecule has 0 unspecified atom stereocenters. The standard InChI is InChI=1S/C14H13FN2O3S/c1-10(16-18)11-4-2-6-13(8-11)17-21(19,20)14-7-3-5-12(15)9-14/h2-9,17-18H,1H3/b16-10+. The van der Waals surface area contributed by atoms with E-state index in [1.807, 2.05) is 0 Å². The van der Waals surface area contributed by atoms with Crippen LogP contribution in [-0.2, 0) is 10.0 Å². The number of hydrogen-bond donors (Lipinski definition) is 2. The largest absolute Gasteiger partial charge is 0.411 e. The van der Waals surface area contributed by atoms with Gasteiger partial charge in [-0.1, -0.05) is 23.4 Å². The normalized spacial score (nSPS) is 12.2. The quantitative estimate of drug-likeness (QED) is 0.518. The second-order valence-electron chi connectivity index (χ2n) is 4.33. The van der Waals surface area contributed by atoms with Gasteiger partial charge in [0.25, 0.3) is 10.0 Å². The molecule has 0 aliphatic carbocycles. The van der Waals surface area contributed by atoms with Crippen LogP contribution in [0.2, 0.25) is 0 Å². The lowest BCUT2D eigenvalue weighted by molar-refractivity contribution is 0.319. The van der Waals surface area contributed by atoms with E-state index >= 15 is 0 Å². The maximum atomic E-state index is 13.1. The van der Waals surface area contributed by atoms with Gasteiger partial charge in [0, 0.05) is 11.3 Å². The minimum absolute atomic E-state index is 0.166. The molecule has 2 rings (SSSR count). The maximum Gasteiger partial charge on any atom is 0.261 e. The average Bonchev–Trinajstić information content (AvgIpc) is 2.46. The number of nitrogens with zero attached hydrogens (tertiary/aromatic N) is 1. The van der Waals surface area contributed by atoms with Crippen molar-refractivity contribution >= 4 is 21.4 Å². The van der Waals surface area contributed by atoms with Crippen LogP contribution < -0.4 is 4.72 Å². The summed E-state index contributed by atoms with van der Waals surface area (Å²) in [7, 11) is -3.88. The molecule has 0 saturated carbocycles. The Balaban J connectivity index is 2.33. The topological polar surface area (TPSA) is 78.8 Å². The molecule has 0 aromatic heterocycles. The minimum atomic E-state index is -3.88. The molecular formula is C14H13FN2O3S. The lowest BCUT2D eigenvalue weighted by Crippen LogP contribution is -2.13. The van der Waals surface area contributed by atoms with Crippen LogP contribution in [-0.4, -0.2) is 19.3 Å². The van der Waals surface area contributed by atoms with Crippen molar-refractivity contribution in [1.82, 2.24) is 0 Å². The Kier molecular flexibility index (Phi) is 4.23. The molecule has 0 bridgehead atoms. The van der Waals surface area contributed by atoms with Gasteiger partial charge in [0.2, 0.25) is 0 Å². The second-order valence-corrected chi connectivity index (χ2v) is 6.01. The molecule has 2 N–H and O–H groups in total. The molecule has 2 aromatic carbocycles. The summed E-state index contributed by atoms with van der Waals surface area (Å²) < 4.78 is 39.8. The van der Waals surface area contributed by atoms with Crippen molar-refractivity contribution in [3.63, 3.8) is 0 Å². The van der Waals surface area contributed by atoms with Gasteiger partial charge in [0.15, 0.2) is 0 Å². The summed E-state index contributed by atoms with van der Waals surface area (Å²) in [6.07, 6.45) is 0. The van der Waals surface area contributed by atoms with Gasteiger partial charge in [-0.05, 0) is 37.3 Å². The Bertz CT molecular complexity index is 788. The highest BCUT2D eigenvalue weighted by atomic mass is 32.2. The van der Waals surface area contributed by atoms with Crippen LogP contribution in [0.15, 0.2) is 58.6 Å². The number of hydrogen-bond acceptors (Lipinski definition) is 4. The highest BCUT2D eigenvalue weighted by molar-refractivity contribution is 7.92. The van der Waals surface area contributed by atoms with E-state index < -0.39 is 15.8 Å². The number of nitrogens with one attached hydrogen (secondary N) is 1. The molecule has 0 saturated heterocycles. The summed E-state index contributed by atoms with van der Waals surface area (Å²) in [6, 6.07) is 11.1. The fourth-order valence-corrected chi connectivity index (χ4v) is 2.79. The van der Waals surface area contributed by atoms with Crippen LogP contribution >= 0.6 is 0 Å². The van der Waals surface area contributed by atoms with Gasteiger partial charge in [-0.2, -0.15) is 0 Å². The molecule has 0 spiro atoms. The highest BCUT2D eigenvalue weighted by Gasteiger charge is 2.15. The fourth-order valence-electron chi connectivity index (χ4n) is 1.71. The molecule has 0 fully saturated rings. The van der Waals surface area contributed by atoms with Crippen LogP contribution in [0.5, 0.6) is 0 Å².